The minimum absolute atomic E-state index is 0.0712. The number of sulfonamides is 1. The molecule has 138 valence electrons. The van der Waals surface area contributed by atoms with Crippen molar-refractivity contribution in [1.29, 1.82) is 0 Å². The number of benzene rings is 1. The minimum atomic E-state index is -3.95. The van der Waals surface area contributed by atoms with E-state index in [2.05, 4.69) is 0 Å². The zero-order valence-corrected chi connectivity index (χ0v) is 14.7. The maximum atomic E-state index is 12.8. The van der Waals surface area contributed by atoms with E-state index >= 15 is 0 Å². The van der Waals surface area contributed by atoms with E-state index in [1.165, 1.54) is 23.1 Å². The van der Waals surface area contributed by atoms with Crippen LogP contribution in [0.3, 0.4) is 0 Å². The summed E-state index contributed by atoms with van der Waals surface area (Å²) in [5.74, 6) is -2.14. The zero-order chi connectivity index (χ0) is 18.6. The Morgan fingerprint density at radius 1 is 1.12 bits per heavy atom. The van der Waals surface area contributed by atoms with Gasteiger partial charge in [0.05, 0.1) is 5.56 Å². The van der Waals surface area contributed by atoms with Crippen LogP contribution in [0.5, 0.6) is 0 Å². The average Bonchev–Trinajstić information content (AvgIpc) is 3.42. The van der Waals surface area contributed by atoms with Crippen molar-refractivity contribution in [3.05, 3.63) is 29.3 Å². The lowest BCUT2D eigenvalue weighted by Gasteiger charge is -2.33. The first kappa shape index (κ1) is 17.0. The first-order valence-electron chi connectivity index (χ1n) is 8.59. The highest BCUT2D eigenvalue weighted by molar-refractivity contribution is 7.90. The van der Waals surface area contributed by atoms with Gasteiger partial charge in [-0.3, -0.25) is 9.59 Å². The maximum absolute atomic E-state index is 12.8. The Labute approximate surface area is 150 Å². The van der Waals surface area contributed by atoms with Crippen molar-refractivity contribution in [2.45, 2.75) is 49.1 Å². The number of likely N-dealkylation sites (tertiary alicyclic amines) is 1. The van der Waals surface area contributed by atoms with Crippen LogP contribution in [-0.2, 0) is 14.8 Å². The summed E-state index contributed by atoms with van der Waals surface area (Å²) in [7, 11) is -3.95. The molecule has 9 heteroatoms. The van der Waals surface area contributed by atoms with Gasteiger partial charge in [-0.1, -0.05) is 0 Å². The molecule has 3 aliphatic rings. The number of carbonyl (C=O) groups is 3. The highest BCUT2D eigenvalue weighted by Crippen LogP contribution is 2.39. The minimum Gasteiger partial charge on any atom is -0.480 e. The summed E-state index contributed by atoms with van der Waals surface area (Å²) in [6, 6.07) is 2.76. The van der Waals surface area contributed by atoms with E-state index in [9.17, 15) is 27.9 Å². The maximum Gasteiger partial charge on any atom is 0.326 e. The summed E-state index contributed by atoms with van der Waals surface area (Å²) in [6.45, 7) is 0.312. The van der Waals surface area contributed by atoms with Gasteiger partial charge < -0.3 is 10.0 Å². The molecule has 26 heavy (non-hydrogen) atoms. The third-order valence-electron chi connectivity index (χ3n) is 5.12. The van der Waals surface area contributed by atoms with Gasteiger partial charge in [-0.05, 0) is 50.3 Å². The van der Waals surface area contributed by atoms with Gasteiger partial charge in [-0.15, -0.1) is 0 Å². The number of carboxylic acids is 1. The molecule has 1 unspecified atom stereocenters. The van der Waals surface area contributed by atoms with E-state index in [1.54, 1.807) is 0 Å². The van der Waals surface area contributed by atoms with Gasteiger partial charge in [0, 0.05) is 18.2 Å². The smallest absolute Gasteiger partial charge is 0.326 e. The monoisotopic (exact) mass is 378 g/mol. The number of aliphatic carboxylic acids is 1. The zero-order valence-electron chi connectivity index (χ0n) is 13.9. The Kier molecular flexibility index (Phi) is 3.80. The Hall–Kier alpha value is -2.42. The van der Waals surface area contributed by atoms with Crippen molar-refractivity contribution in [2.75, 3.05) is 6.54 Å². The van der Waals surface area contributed by atoms with Crippen LogP contribution in [0.1, 0.15) is 52.8 Å². The molecule has 1 saturated carbocycles. The Balaban J connectivity index is 1.70. The number of hydrogen-bond donors (Lipinski definition) is 1. The number of amides is 2. The quantitative estimate of drug-likeness (QED) is 0.842. The largest absolute Gasteiger partial charge is 0.480 e. The van der Waals surface area contributed by atoms with Crippen molar-refractivity contribution in [3.8, 4) is 0 Å². The van der Waals surface area contributed by atoms with E-state index in [0.29, 0.717) is 32.2 Å². The number of carboxylic acid groups (broad SMARTS) is 1. The predicted octanol–water partition coefficient (Wildman–Crippen LogP) is 1.07. The Bertz CT molecular complexity index is 921. The van der Waals surface area contributed by atoms with Gasteiger partial charge in [0.1, 0.15) is 10.9 Å². The van der Waals surface area contributed by atoms with Crippen molar-refractivity contribution in [3.63, 3.8) is 0 Å². The summed E-state index contributed by atoms with van der Waals surface area (Å²) in [6.07, 6.45) is 3.10. The predicted molar refractivity (Wildman–Crippen MR) is 89.1 cm³/mol. The van der Waals surface area contributed by atoms with Crippen molar-refractivity contribution >= 4 is 27.8 Å². The lowest BCUT2D eigenvalue weighted by atomic mass is 10.0. The normalized spacial score (nSPS) is 24.5. The lowest BCUT2D eigenvalue weighted by molar-refractivity contribution is -0.143. The molecule has 4 rings (SSSR count). The fourth-order valence-corrected chi connectivity index (χ4v) is 5.49. The molecule has 2 fully saturated rings. The molecule has 2 amide bonds. The second-order valence-electron chi connectivity index (χ2n) is 6.90. The van der Waals surface area contributed by atoms with E-state index in [1.807, 2.05) is 0 Å². The van der Waals surface area contributed by atoms with Crippen LogP contribution in [0.4, 0.5) is 0 Å². The molecule has 1 aliphatic carbocycles. The number of nitrogens with zero attached hydrogens (tertiary/aromatic N) is 2. The van der Waals surface area contributed by atoms with Crippen molar-refractivity contribution in [1.82, 2.24) is 9.21 Å². The summed E-state index contributed by atoms with van der Waals surface area (Å²) >= 11 is 0. The topological polar surface area (TPSA) is 112 Å². The number of carbonyl (C=O) groups excluding carboxylic acids is 2. The van der Waals surface area contributed by atoms with Gasteiger partial charge >= 0.3 is 5.97 Å². The molecule has 1 atom stereocenters. The first-order chi connectivity index (χ1) is 12.3. The molecule has 0 bridgehead atoms. The average molecular weight is 378 g/mol. The van der Waals surface area contributed by atoms with Crippen LogP contribution in [0.2, 0.25) is 0 Å². The summed E-state index contributed by atoms with van der Waals surface area (Å²) in [4.78, 5) is 37.7. The SMILES string of the molecule is O=C(O)C1CCCCN1C(=O)c1ccc2c(c1)S(=O)(=O)N(C1CC1)C2=O. The number of rotatable bonds is 3. The van der Waals surface area contributed by atoms with Crippen LogP contribution in [-0.4, -0.2) is 59.1 Å². The third-order valence-corrected chi connectivity index (χ3v) is 7.00. The van der Waals surface area contributed by atoms with E-state index in [4.69, 9.17) is 0 Å². The standard InChI is InChI=1S/C17H18N2O6S/c20-15(18-8-2-1-3-13(18)17(22)23)10-4-7-12-14(9-10)26(24,25)19(16(12)21)11-5-6-11/h4,7,9,11,13H,1-3,5-6,8H2,(H,22,23). The van der Waals surface area contributed by atoms with Crippen LogP contribution in [0.25, 0.3) is 0 Å². The highest BCUT2D eigenvalue weighted by atomic mass is 32.2. The summed E-state index contributed by atoms with van der Waals surface area (Å²) < 4.78 is 26.3. The second kappa shape index (κ2) is 5.80. The molecule has 0 aromatic heterocycles. The molecule has 0 spiro atoms. The second-order valence-corrected chi connectivity index (χ2v) is 8.68. The van der Waals surface area contributed by atoms with Crippen LogP contribution in [0, 0.1) is 0 Å². The van der Waals surface area contributed by atoms with Crippen molar-refractivity contribution in [2.24, 2.45) is 0 Å². The Morgan fingerprint density at radius 2 is 1.85 bits per heavy atom. The van der Waals surface area contributed by atoms with Gasteiger partial charge in [-0.2, -0.15) is 0 Å². The molecule has 1 aromatic rings. The summed E-state index contributed by atoms with van der Waals surface area (Å²) in [5, 5.41) is 9.34. The van der Waals surface area contributed by atoms with Crippen LogP contribution < -0.4 is 0 Å². The fraction of sp³-hybridized carbons (Fsp3) is 0.471. The van der Waals surface area contributed by atoms with Gasteiger partial charge in [0.15, 0.2) is 0 Å². The number of piperidine rings is 1. The Morgan fingerprint density at radius 3 is 2.50 bits per heavy atom. The molecule has 2 aliphatic heterocycles. The van der Waals surface area contributed by atoms with Crippen molar-refractivity contribution < 1.29 is 27.9 Å². The van der Waals surface area contributed by atoms with E-state index in [0.717, 1.165) is 10.7 Å². The van der Waals surface area contributed by atoms with Gasteiger partial charge in [0.25, 0.3) is 21.8 Å². The molecule has 1 N–H and O–H groups in total. The lowest BCUT2D eigenvalue weighted by Crippen LogP contribution is -2.48. The van der Waals surface area contributed by atoms with Crippen LogP contribution >= 0.6 is 0 Å². The van der Waals surface area contributed by atoms with E-state index < -0.39 is 33.8 Å². The molecule has 0 radical (unpaired) electrons. The number of fused-ring (bicyclic) bond motifs is 1. The molecule has 8 nitrogen and oxygen atoms in total. The van der Waals surface area contributed by atoms with Gasteiger partial charge in [-0.25, -0.2) is 17.5 Å². The van der Waals surface area contributed by atoms with Crippen LogP contribution in [0.15, 0.2) is 23.1 Å². The molecular weight excluding hydrogens is 360 g/mol. The fourth-order valence-electron chi connectivity index (χ4n) is 3.65. The third kappa shape index (κ3) is 2.49. The first-order valence-corrected chi connectivity index (χ1v) is 10.0. The molecule has 2 heterocycles. The summed E-state index contributed by atoms with van der Waals surface area (Å²) in [5.41, 5.74) is 0.160. The molecular formula is C17H18N2O6S. The molecule has 1 saturated heterocycles. The highest BCUT2D eigenvalue weighted by Gasteiger charge is 2.49. The number of hydrogen-bond acceptors (Lipinski definition) is 5. The van der Waals surface area contributed by atoms with E-state index in [-0.39, 0.29) is 22.1 Å². The van der Waals surface area contributed by atoms with Gasteiger partial charge in [0.2, 0.25) is 0 Å². The molecule has 1 aromatic carbocycles.